The van der Waals surface area contributed by atoms with Gasteiger partial charge in [0.1, 0.15) is 5.75 Å². The maximum atomic E-state index is 9.27. The van der Waals surface area contributed by atoms with Gasteiger partial charge < -0.3 is 15.9 Å². The molecule has 0 bridgehead atoms. The van der Waals surface area contributed by atoms with Gasteiger partial charge in [0, 0.05) is 12.6 Å². The highest BCUT2D eigenvalue weighted by molar-refractivity contribution is 5.85. The van der Waals surface area contributed by atoms with Gasteiger partial charge in [-0.15, -0.1) is 12.4 Å². The van der Waals surface area contributed by atoms with Crippen LogP contribution in [0.5, 0.6) is 5.75 Å². The number of halogens is 1. The Hall–Kier alpha value is -0.770. The Morgan fingerprint density at radius 2 is 2.07 bits per heavy atom. The summed E-state index contributed by atoms with van der Waals surface area (Å²) in [5.74, 6) is 0.278. The van der Waals surface area contributed by atoms with Crippen LogP contribution in [0.4, 0.5) is 0 Å². The summed E-state index contributed by atoms with van der Waals surface area (Å²) in [7, 11) is 0. The number of benzene rings is 1. The van der Waals surface area contributed by atoms with Crippen molar-refractivity contribution in [2.24, 2.45) is 5.73 Å². The lowest BCUT2D eigenvalue weighted by Crippen LogP contribution is -2.11. The first-order valence-electron chi connectivity index (χ1n) is 4.31. The first-order chi connectivity index (χ1) is 6.15. The minimum atomic E-state index is -0.149. The lowest BCUT2D eigenvalue weighted by atomic mass is 10.0. The van der Waals surface area contributed by atoms with Crippen molar-refractivity contribution >= 4 is 12.4 Å². The summed E-state index contributed by atoms with van der Waals surface area (Å²) in [6.45, 7) is 1.91. The van der Waals surface area contributed by atoms with Gasteiger partial charge in [-0.2, -0.15) is 0 Å². The number of aryl methyl sites for hydroxylation is 1. The molecule has 1 atom stereocenters. The number of aliphatic hydroxyl groups excluding tert-OH is 1. The van der Waals surface area contributed by atoms with E-state index in [1.165, 1.54) is 0 Å². The Labute approximate surface area is 90.0 Å². The summed E-state index contributed by atoms with van der Waals surface area (Å²) in [4.78, 5) is 0. The molecule has 3 nitrogen and oxygen atoms in total. The van der Waals surface area contributed by atoms with Crippen molar-refractivity contribution in [2.75, 3.05) is 6.61 Å². The lowest BCUT2D eigenvalue weighted by molar-refractivity contribution is 0.276. The quantitative estimate of drug-likeness (QED) is 0.719. The van der Waals surface area contributed by atoms with E-state index >= 15 is 0 Å². The second-order valence-corrected chi connectivity index (χ2v) is 3.16. The number of aliphatic hydroxyl groups is 1. The van der Waals surface area contributed by atoms with Crippen LogP contribution in [-0.2, 0) is 0 Å². The van der Waals surface area contributed by atoms with Crippen LogP contribution >= 0.6 is 12.4 Å². The van der Waals surface area contributed by atoms with Gasteiger partial charge in [0.25, 0.3) is 0 Å². The van der Waals surface area contributed by atoms with E-state index in [2.05, 4.69) is 0 Å². The third kappa shape index (κ3) is 3.18. The average Bonchev–Trinajstić information content (AvgIpc) is 2.10. The van der Waals surface area contributed by atoms with Crippen LogP contribution in [-0.4, -0.2) is 16.8 Å². The highest BCUT2D eigenvalue weighted by Gasteiger charge is 2.06. The molecule has 0 amide bonds. The van der Waals surface area contributed by atoms with E-state index in [-0.39, 0.29) is 30.8 Å². The van der Waals surface area contributed by atoms with E-state index in [9.17, 15) is 5.11 Å². The van der Waals surface area contributed by atoms with E-state index in [0.29, 0.717) is 6.42 Å². The standard InChI is InChI=1S/C10H15NO2.ClH/c1-7-6-8(2-3-10(7)13)9(11)4-5-12;/h2-3,6,9,12-13H,4-5,11H2,1H3;1H/t9-;/m1./s1. The fourth-order valence-corrected chi connectivity index (χ4v) is 1.22. The molecule has 0 aromatic heterocycles. The van der Waals surface area contributed by atoms with Gasteiger partial charge in [0.05, 0.1) is 0 Å². The second kappa shape index (κ2) is 5.86. The average molecular weight is 218 g/mol. The zero-order valence-corrected chi connectivity index (χ0v) is 8.92. The normalized spacial score (nSPS) is 11.9. The van der Waals surface area contributed by atoms with Crippen LogP contribution in [0.15, 0.2) is 18.2 Å². The third-order valence-corrected chi connectivity index (χ3v) is 2.09. The molecule has 80 valence electrons. The zero-order chi connectivity index (χ0) is 9.84. The number of nitrogens with two attached hydrogens (primary N) is 1. The van der Waals surface area contributed by atoms with Gasteiger partial charge in [-0.25, -0.2) is 0 Å². The molecule has 1 aromatic rings. The molecule has 0 aliphatic heterocycles. The Bertz CT molecular complexity index is 291. The molecule has 0 aliphatic carbocycles. The summed E-state index contributed by atoms with van der Waals surface area (Å²) in [6.07, 6.45) is 0.546. The molecule has 0 saturated carbocycles. The predicted molar refractivity (Wildman–Crippen MR) is 58.7 cm³/mol. The van der Waals surface area contributed by atoms with E-state index in [0.717, 1.165) is 11.1 Å². The predicted octanol–water partition coefficient (Wildman–Crippen LogP) is 1.50. The smallest absolute Gasteiger partial charge is 0.118 e. The first-order valence-corrected chi connectivity index (χ1v) is 4.31. The molecule has 0 saturated heterocycles. The van der Waals surface area contributed by atoms with Crippen molar-refractivity contribution in [3.63, 3.8) is 0 Å². The van der Waals surface area contributed by atoms with Crippen molar-refractivity contribution in [2.45, 2.75) is 19.4 Å². The molecule has 0 fully saturated rings. The van der Waals surface area contributed by atoms with Crippen LogP contribution in [0.1, 0.15) is 23.6 Å². The van der Waals surface area contributed by atoms with Crippen LogP contribution in [0.3, 0.4) is 0 Å². The van der Waals surface area contributed by atoms with Gasteiger partial charge in [-0.3, -0.25) is 0 Å². The van der Waals surface area contributed by atoms with Gasteiger partial charge in [-0.05, 0) is 30.5 Å². The van der Waals surface area contributed by atoms with E-state index < -0.39 is 0 Å². The molecule has 1 rings (SSSR count). The van der Waals surface area contributed by atoms with Crippen LogP contribution in [0.25, 0.3) is 0 Å². The summed E-state index contributed by atoms with van der Waals surface area (Å²) in [6, 6.07) is 5.10. The van der Waals surface area contributed by atoms with Gasteiger partial charge >= 0.3 is 0 Å². The maximum Gasteiger partial charge on any atom is 0.118 e. The van der Waals surface area contributed by atoms with E-state index in [1.807, 2.05) is 13.0 Å². The molecule has 14 heavy (non-hydrogen) atoms. The monoisotopic (exact) mass is 217 g/mol. The SMILES string of the molecule is Cc1cc([C@H](N)CCO)ccc1O.Cl. The highest BCUT2D eigenvalue weighted by atomic mass is 35.5. The number of phenolic OH excluding ortho intramolecular Hbond substituents is 1. The summed E-state index contributed by atoms with van der Waals surface area (Å²) < 4.78 is 0. The lowest BCUT2D eigenvalue weighted by Gasteiger charge is -2.11. The molecular weight excluding hydrogens is 202 g/mol. The summed E-state index contributed by atoms with van der Waals surface area (Å²) in [5, 5.41) is 18.0. The van der Waals surface area contributed by atoms with E-state index in [1.54, 1.807) is 12.1 Å². The number of aromatic hydroxyl groups is 1. The Balaban J connectivity index is 0.00000169. The molecule has 4 heteroatoms. The largest absolute Gasteiger partial charge is 0.508 e. The number of hydrogen-bond acceptors (Lipinski definition) is 3. The van der Waals surface area contributed by atoms with Crippen molar-refractivity contribution in [3.8, 4) is 5.75 Å². The zero-order valence-electron chi connectivity index (χ0n) is 8.10. The molecule has 4 N–H and O–H groups in total. The van der Waals surface area contributed by atoms with Gasteiger partial charge in [-0.1, -0.05) is 12.1 Å². The van der Waals surface area contributed by atoms with Crippen molar-refractivity contribution < 1.29 is 10.2 Å². The Morgan fingerprint density at radius 3 is 2.57 bits per heavy atom. The molecular formula is C10H16ClNO2. The maximum absolute atomic E-state index is 9.27. The van der Waals surface area contributed by atoms with Crippen molar-refractivity contribution in [1.82, 2.24) is 0 Å². The minimum absolute atomic E-state index is 0. The topological polar surface area (TPSA) is 66.5 Å². The fourth-order valence-electron chi connectivity index (χ4n) is 1.22. The van der Waals surface area contributed by atoms with Crippen LogP contribution < -0.4 is 5.73 Å². The number of rotatable bonds is 3. The second-order valence-electron chi connectivity index (χ2n) is 3.16. The summed E-state index contributed by atoms with van der Waals surface area (Å²) in [5.41, 5.74) is 7.54. The molecule has 0 spiro atoms. The number of hydrogen-bond donors (Lipinski definition) is 3. The fraction of sp³-hybridized carbons (Fsp3) is 0.400. The molecule has 0 heterocycles. The summed E-state index contributed by atoms with van der Waals surface area (Å²) >= 11 is 0. The Morgan fingerprint density at radius 1 is 1.43 bits per heavy atom. The van der Waals surface area contributed by atoms with Crippen molar-refractivity contribution in [1.29, 1.82) is 0 Å². The molecule has 0 radical (unpaired) electrons. The molecule has 0 unspecified atom stereocenters. The van der Waals surface area contributed by atoms with Crippen molar-refractivity contribution in [3.05, 3.63) is 29.3 Å². The molecule has 1 aromatic carbocycles. The van der Waals surface area contributed by atoms with Gasteiger partial charge in [0.15, 0.2) is 0 Å². The third-order valence-electron chi connectivity index (χ3n) is 2.09. The van der Waals surface area contributed by atoms with E-state index in [4.69, 9.17) is 10.8 Å². The molecule has 0 aliphatic rings. The van der Waals surface area contributed by atoms with Gasteiger partial charge in [0.2, 0.25) is 0 Å². The first kappa shape index (κ1) is 13.2. The van der Waals surface area contributed by atoms with Crippen LogP contribution in [0.2, 0.25) is 0 Å². The van der Waals surface area contributed by atoms with Crippen LogP contribution in [0, 0.1) is 6.92 Å². The minimum Gasteiger partial charge on any atom is -0.508 e. The number of phenols is 1. The Kier molecular flexibility index (Phi) is 5.53. The highest BCUT2D eigenvalue weighted by Crippen LogP contribution is 2.21.